The maximum atomic E-state index is 10.7. The number of hydrogen-bond acceptors (Lipinski definition) is 3. The van der Waals surface area contributed by atoms with Crippen LogP contribution in [0.5, 0.6) is 0 Å². The monoisotopic (exact) mass is 314 g/mol. The summed E-state index contributed by atoms with van der Waals surface area (Å²) in [7, 11) is 0. The van der Waals surface area contributed by atoms with Crippen molar-refractivity contribution in [2.45, 2.75) is 97.2 Å². The van der Waals surface area contributed by atoms with Crippen molar-refractivity contribution in [2.24, 2.45) is 5.92 Å². The van der Waals surface area contributed by atoms with Crippen molar-refractivity contribution >= 4 is 22.7 Å². The van der Waals surface area contributed by atoms with E-state index >= 15 is 0 Å². The molecule has 0 bridgehead atoms. The van der Waals surface area contributed by atoms with E-state index in [1.165, 1.54) is 89.8 Å². The van der Waals surface area contributed by atoms with Crippen LogP contribution >= 0.6 is 11.8 Å². The van der Waals surface area contributed by atoms with Crippen LogP contribution in [0.1, 0.15) is 91.9 Å². The molecule has 3 heteroatoms. The van der Waals surface area contributed by atoms with E-state index in [9.17, 15) is 9.59 Å². The quantitative estimate of drug-likeness (QED) is 0.615. The van der Waals surface area contributed by atoms with E-state index in [1.807, 2.05) is 0 Å². The Hall–Kier alpha value is -0.310. The number of rotatable bonds is 1. The molecule has 21 heavy (non-hydrogen) atoms. The summed E-state index contributed by atoms with van der Waals surface area (Å²) in [5.41, 5.74) is 0. The van der Waals surface area contributed by atoms with Crippen LogP contribution < -0.4 is 0 Å². The highest BCUT2D eigenvalue weighted by Gasteiger charge is 2.14. The Labute approximate surface area is 135 Å². The Kier molecular flexibility index (Phi) is 13.2. The molecule has 0 aromatic rings. The first-order chi connectivity index (χ1) is 9.91. The van der Waals surface area contributed by atoms with Crippen LogP contribution in [0.4, 0.5) is 0 Å². The van der Waals surface area contributed by atoms with Crippen molar-refractivity contribution in [3.8, 4) is 0 Å². The van der Waals surface area contributed by atoms with Crippen molar-refractivity contribution in [3.63, 3.8) is 0 Å². The standard InChI is InChI=1S/C8H14OS.C7H14.C3H6O/c1-7(9)10-8-5-3-2-4-6-8;1-7-5-3-2-4-6-7;1-3(2)4/h8H,2-6H2,1H3;7H,2-6H2,1H3;1-2H3. The Bertz CT molecular complexity index is 273. The number of thioether (sulfide) groups is 1. The van der Waals surface area contributed by atoms with E-state index in [1.54, 1.807) is 6.92 Å². The zero-order chi connectivity index (χ0) is 16.1. The summed E-state index contributed by atoms with van der Waals surface area (Å²) in [5, 5.41) is 0.929. The highest BCUT2D eigenvalue weighted by molar-refractivity contribution is 8.14. The van der Waals surface area contributed by atoms with Gasteiger partial charge in [-0.15, -0.1) is 0 Å². The molecule has 0 heterocycles. The number of hydrogen-bond donors (Lipinski definition) is 0. The van der Waals surface area contributed by atoms with Gasteiger partial charge in [0.25, 0.3) is 0 Å². The van der Waals surface area contributed by atoms with Crippen LogP contribution in [0.3, 0.4) is 0 Å². The molecule has 124 valence electrons. The molecular weight excluding hydrogens is 280 g/mol. The fourth-order valence-corrected chi connectivity index (χ4v) is 3.76. The van der Waals surface area contributed by atoms with Crippen molar-refractivity contribution in [1.29, 1.82) is 0 Å². The average molecular weight is 315 g/mol. The largest absolute Gasteiger partial charge is 0.300 e. The lowest BCUT2D eigenvalue weighted by Crippen LogP contribution is -2.09. The van der Waals surface area contributed by atoms with E-state index < -0.39 is 0 Å². The van der Waals surface area contributed by atoms with Gasteiger partial charge in [-0.2, -0.15) is 0 Å². The minimum absolute atomic E-state index is 0.167. The van der Waals surface area contributed by atoms with Gasteiger partial charge in [0.05, 0.1) is 0 Å². The summed E-state index contributed by atoms with van der Waals surface area (Å²) >= 11 is 1.54. The minimum Gasteiger partial charge on any atom is -0.300 e. The highest BCUT2D eigenvalue weighted by atomic mass is 32.2. The van der Waals surface area contributed by atoms with Gasteiger partial charge in [-0.1, -0.05) is 70.1 Å². The molecule has 2 saturated carbocycles. The van der Waals surface area contributed by atoms with Crippen molar-refractivity contribution < 1.29 is 9.59 Å². The lowest BCUT2D eigenvalue weighted by Gasteiger charge is -2.18. The van der Waals surface area contributed by atoms with Gasteiger partial charge in [0.2, 0.25) is 0 Å². The van der Waals surface area contributed by atoms with Crippen molar-refractivity contribution in [2.75, 3.05) is 0 Å². The Balaban J connectivity index is 0.000000317. The van der Waals surface area contributed by atoms with Gasteiger partial charge in [-0.05, 0) is 32.6 Å². The number of carbonyl (C=O) groups excluding carboxylic acids is 2. The maximum Gasteiger partial charge on any atom is 0.186 e. The van der Waals surface area contributed by atoms with Gasteiger partial charge in [0, 0.05) is 12.2 Å². The highest BCUT2D eigenvalue weighted by Crippen LogP contribution is 2.28. The normalized spacial score (nSPS) is 19.6. The summed E-state index contributed by atoms with van der Waals surface area (Å²) in [4.78, 5) is 20.1. The zero-order valence-corrected chi connectivity index (χ0v) is 15.3. The number of carbonyl (C=O) groups is 2. The molecule has 0 unspecified atom stereocenters. The summed E-state index contributed by atoms with van der Waals surface area (Å²) in [6, 6.07) is 0. The maximum absolute atomic E-state index is 10.7. The molecule has 0 N–H and O–H groups in total. The fraction of sp³-hybridized carbons (Fsp3) is 0.889. The van der Waals surface area contributed by atoms with Crippen molar-refractivity contribution in [1.82, 2.24) is 0 Å². The Morgan fingerprint density at radius 1 is 0.762 bits per heavy atom. The van der Waals surface area contributed by atoms with E-state index in [-0.39, 0.29) is 10.9 Å². The lowest BCUT2D eigenvalue weighted by atomic mass is 9.91. The fourth-order valence-electron chi connectivity index (χ4n) is 2.72. The second-order valence-corrected chi connectivity index (χ2v) is 8.00. The second kappa shape index (κ2) is 13.4. The van der Waals surface area contributed by atoms with Crippen LogP contribution in [0, 0.1) is 5.92 Å². The van der Waals surface area contributed by atoms with E-state index in [2.05, 4.69) is 6.92 Å². The molecular formula is C18H34O2S. The van der Waals surface area contributed by atoms with Crippen LogP contribution in [-0.4, -0.2) is 16.1 Å². The van der Waals surface area contributed by atoms with Gasteiger partial charge in [-0.25, -0.2) is 0 Å². The van der Waals surface area contributed by atoms with Crippen LogP contribution in [0.2, 0.25) is 0 Å². The topological polar surface area (TPSA) is 34.1 Å². The van der Waals surface area contributed by atoms with Gasteiger partial charge < -0.3 is 4.79 Å². The Morgan fingerprint density at radius 2 is 1.14 bits per heavy atom. The predicted molar refractivity (Wildman–Crippen MR) is 93.7 cm³/mol. The summed E-state index contributed by atoms with van der Waals surface area (Å²) in [6.45, 7) is 7.08. The smallest absolute Gasteiger partial charge is 0.186 e. The number of ketones is 1. The van der Waals surface area contributed by atoms with E-state index in [0.29, 0.717) is 5.25 Å². The van der Waals surface area contributed by atoms with Crippen LogP contribution in [0.25, 0.3) is 0 Å². The molecule has 2 rings (SSSR count). The van der Waals surface area contributed by atoms with Gasteiger partial charge in [0.1, 0.15) is 5.78 Å². The first-order valence-corrected chi connectivity index (χ1v) is 9.44. The lowest BCUT2D eigenvalue weighted by molar-refractivity contribution is -0.115. The molecule has 2 nitrogen and oxygen atoms in total. The molecule has 0 spiro atoms. The molecule has 0 aliphatic heterocycles. The van der Waals surface area contributed by atoms with Gasteiger partial charge >= 0.3 is 0 Å². The molecule has 2 fully saturated rings. The molecule has 0 saturated heterocycles. The summed E-state index contributed by atoms with van der Waals surface area (Å²) in [5.74, 6) is 1.20. The molecule has 0 aromatic carbocycles. The minimum atomic E-state index is 0.167. The zero-order valence-electron chi connectivity index (χ0n) is 14.5. The molecule has 0 amide bonds. The van der Waals surface area contributed by atoms with Gasteiger partial charge in [0.15, 0.2) is 5.12 Å². The van der Waals surface area contributed by atoms with E-state index in [0.717, 1.165) is 5.92 Å². The third-order valence-electron chi connectivity index (χ3n) is 3.78. The summed E-state index contributed by atoms with van der Waals surface area (Å²) in [6.07, 6.45) is 14.0. The average Bonchev–Trinajstić information content (AvgIpc) is 2.40. The molecule has 2 aliphatic rings. The molecule has 0 atom stereocenters. The molecule has 2 aliphatic carbocycles. The Morgan fingerprint density at radius 3 is 1.43 bits per heavy atom. The van der Waals surface area contributed by atoms with Gasteiger partial charge in [-0.3, -0.25) is 4.79 Å². The molecule has 0 aromatic heterocycles. The number of Topliss-reactive ketones (excluding diaryl/α,β-unsaturated/α-hetero) is 1. The third-order valence-corrected chi connectivity index (χ3v) is 4.92. The second-order valence-electron chi connectivity index (χ2n) is 6.52. The van der Waals surface area contributed by atoms with Crippen LogP contribution in [-0.2, 0) is 9.59 Å². The third kappa shape index (κ3) is 15.9. The predicted octanol–water partition coefficient (Wildman–Crippen LogP) is 5.78. The van der Waals surface area contributed by atoms with E-state index in [4.69, 9.17) is 0 Å². The SMILES string of the molecule is CC(=O)SC1CCCCC1.CC(C)=O.CC1CCCCC1. The first kappa shape index (κ1) is 20.7. The van der Waals surface area contributed by atoms with Crippen LogP contribution in [0.15, 0.2) is 0 Å². The molecule has 0 radical (unpaired) electrons. The first-order valence-electron chi connectivity index (χ1n) is 8.56. The van der Waals surface area contributed by atoms with Crippen molar-refractivity contribution in [3.05, 3.63) is 0 Å². The summed E-state index contributed by atoms with van der Waals surface area (Å²) < 4.78 is 0.